The smallest absolute Gasteiger partial charge is 0.256 e. The Balaban J connectivity index is 1.37. The van der Waals surface area contributed by atoms with Crippen molar-refractivity contribution >= 4 is 43.3 Å². The first-order valence-electron chi connectivity index (χ1n) is 11.7. The third kappa shape index (κ3) is 4.61. The van der Waals surface area contributed by atoms with Gasteiger partial charge in [0.25, 0.3) is 5.91 Å². The molecule has 0 saturated carbocycles. The molecule has 0 radical (unpaired) electrons. The van der Waals surface area contributed by atoms with Gasteiger partial charge in [0.1, 0.15) is 5.82 Å². The average Bonchev–Trinajstić information content (AvgIpc) is 3.46. The van der Waals surface area contributed by atoms with Gasteiger partial charge in [-0.05, 0) is 62.6 Å². The minimum absolute atomic E-state index is 0.0303. The highest BCUT2D eigenvalue weighted by Gasteiger charge is 2.32. The molecular formula is C25H27N5O3S2. The third-order valence-corrected chi connectivity index (χ3v) is 9.28. The Labute approximate surface area is 208 Å². The normalized spacial score (nSPS) is 17.0. The summed E-state index contributed by atoms with van der Waals surface area (Å²) in [6, 6.07) is 15.8. The summed E-state index contributed by atoms with van der Waals surface area (Å²) < 4.78 is 30.7. The molecule has 0 spiro atoms. The molecule has 10 heteroatoms. The van der Waals surface area contributed by atoms with Crippen LogP contribution in [-0.4, -0.2) is 46.0 Å². The number of benzene rings is 2. The predicted octanol–water partition coefficient (Wildman–Crippen LogP) is 5.00. The number of aryl methyl sites for hydroxylation is 1. The number of piperidine rings is 1. The van der Waals surface area contributed by atoms with E-state index in [4.69, 9.17) is 0 Å². The first kappa shape index (κ1) is 23.7. The minimum Gasteiger partial charge on any atom is -0.306 e. The summed E-state index contributed by atoms with van der Waals surface area (Å²) in [5.41, 5.74) is 1.98. The van der Waals surface area contributed by atoms with Crippen molar-refractivity contribution in [1.82, 2.24) is 19.1 Å². The van der Waals surface area contributed by atoms with Crippen LogP contribution in [0.3, 0.4) is 0 Å². The van der Waals surface area contributed by atoms with Crippen LogP contribution in [0, 0.1) is 6.92 Å². The zero-order valence-corrected chi connectivity index (χ0v) is 21.3. The second-order valence-electron chi connectivity index (χ2n) is 8.70. The summed E-state index contributed by atoms with van der Waals surface area (Å²) in [7, 11) is -3.60. The van der Waals surface area contributed by atoms with Crippen LogP contribution >= 0.6 is 11.3 Å². The Hall–Kier alpha value is -3.08. The molecule has 1 aliphatic heterocycles. The maximum Gasteiger partial charge on any atom is 0.256 e. The molecule has 2 aromatic carbocycles. The topological polar surface area (TPSA) is 97.2 Å². The van der Waals surface area contributed by atoms with E-state index in [1.165, 1.54) is 23.5 Å². The number of amides is 1. The Morgan fingerprint density at radius 3 is 2.66 bits per heavy atom. The maximum atomic E-state index is 13.2. The molecule has 1 unspecified atom stereocenters. The molecular weight excluding hydrogens is 482 g/mol. The van der Waals surface area contributed by atoms with Gasteiger partial charge in [0.2, 0.25) is 15.2 Å². The molecule has 1 amide bonds. The summed E-state index contributed by atoms with van der Waals surface area (Å²) in [5, 5.41) is 8.05. The van der Waals surface area contributed by atoms with Gasteiger partial charge in [-0.1, -0.05) is 36.8 Å². The van der Waals surface area contributed by atoms with Crippen LogP contribution in [-0.2, 0) is 10.0 Å². The van der Waals surface area contributed by atoms with Crippen molar-refractivity contribution in [2.75, 3.05) is 11.9 Å². The van der Waals surface area contributed by atoms with Gasteiger partial charge in [-0.2, -0.15) is 14.1 Å². The number of para-hydroxylation sites is 1. The second kappa shape index (κ2) is 9.52. The monoisotopic (exact) mass is 509 g/mol. The number of nitrogens with zero attached hydrogens (tertiary/aromatic N) is 4. The van der Waals surface area contributed by atoms with Crippen LogP contribution in [0.15, 0.2) is 59.5 Å². The predicted molar refractivity (Wildman–Crippen MR) is 138 cm³/mol. The zero-order chi connectivity index (χ0) is 24.6. The molecule has 182 valence electrons. The van der Waals surface area contributed by atoms with E-state index >= 15 is 0 Å². The van der Waals surface area contributed by atoms with Crippen molar-refractivity contribution in [2.45, 2.75) is 50.5 Å². The second-order valence-corrected chi connectivity index (χ2v) is 11.6. The van der Waals surface area contributed by atoms with Crippen LogP contribution in [0.2, 0.25) is 0 Å². The van der Waals surface area contributed by atoms with Gasteiger partial charge in [0.05, 0.1) is 20.8 Å². The minimum atomic E-state index is -3.60. The first-order valence-corrected chi connectivity index (χ1v) is 14.0. The molecule has 1 saturated heterocycles. The SMILES string of the molecule is CCC1CCCCN1S(=O)(=O)c1ccc(C(=O)Nc2cc(C)nn2-c2nc3ccccc3s2)cc1. The Morgan fingerprint density at radius 1 is 1.14 bits per heavy atom. The number of anilines is 1. The lowest BCUT2D eigenvalue weighted by atomic mass is 10.0. The first-order chi connectivity index (χ1) is 16.9. The number of aromatic nitrogens is 3. The van der Waals surface area contributed by atoms with Crippen molar-refractivity contribution in [3.8, 4) is 5.13 Å². The van der Waals surface area contributed by atoms with E-state index in [9.17, 15) is 13.2 Å². The molecule has 2 aromatic heterocycles. The average molecular weight is 510 g/mol. The van der Waals surface area contributed by atoms with Gasteiger partial charge in [-0.25, -0.2) is 13.4 Å². The lowest BCUT2D eigenvalue weighted by molar-refractivity contribution is 0.102. The molecule has 5 rings (SSSR count). The fourth-order valence-electron chi connectivity index (χ4n) is 4.49. The highest BCUT2D eigenvalue weighted by Crippen LogP contribution is 2.29. The van der Waals surface area contributed by atoms with E-state index in [1.807, 2.05) is 38.1 Å². The number of carbonyl (C=O) groups excluding carboxylic acids is 1. The molecule has 1 N–H and O–H groups in total. The van der Waals surface area contributed by atoms with E-state index in [2.05, 4.69) is 15.4 Å². The number of hydrogen-bond acceptors (Lipinski definition) is 6. The molecule has 1 fully saturated rings. The number of rotatable bonds is 6. The maximum absolute atomic E-state index is 13.2. The van der Waals surface area contributed by atoms with Gasteiger partial charge >= 0.3 is 0 Å². The number of nitrogens with one attached hydrogen (secondary N) is 1. The van der Waals surface area contributed by atoms with Crippen molar-refractivity contribution < 1.29 is 13.2 Å². The van der Waals surface area contributed by atoms with Gasteiger partial charge in [-0.3, -0.25) is 4.79 Å². The molecule has 4 aromatic rings. The molecule has 8 nitrogen and oxygen atoms in total. The van der Waals surface area contributed by atoms with E-state index < -0.39 is 10.0 Å². The van der Waals surface area contributed by atoms with Gasteiger partial charge in [0, 0.05) is 24.2 Å². The van der Waals surface area contributed by atoms with Crippen LogP contribution in [0.5, 0.6) is 0 Å². The van der Waals surface area contributed by atoms with Crippen molar-refractivity contribution in [1.29, 1.82) is 0 Å². The van der Waals surface area contributed by atoms with Gasteiger partial charge in [-0.15, -0.1) is 0 Å². The van der Waals surface area contributed by atoms with E-state index in [0.717, 1.165) is 41.6 Å². The van der Waals surface area contributed by atoms with Crippen molar-refractivity contribution in [3.63, 3.8) is 0 Å². The van der Waals surface area contributed by atoms with Crippen LogP contribution in [0.4, 0.5) is 5.82 Å². The number of thiazole rings is 1. The van der Waals surface area contributed by atoms with Crippen LogP contribution in [0.1, 0.15) is 48.7 Å². The van der Waals surface area contributed by atoms with Crippen molar-refractivity contribution in [2.24, 2.45) is 0 Å². The summed E-state index contributed by atoms with van der Waals surface area (Å²) >= 11 is 1.49. The van der Waals surface area contributed by atoms with Gasteiger partial charge in [0.15, 0.2) is 0 Å². The van der Waals surface area contributed by atoms with Gasteiger partial charge < -0.3 is 5.32 Å². The molecule has 1 aliphatic rings. The summed E-state index contributed by atoms with van der Waals surface area (Å²) in [5.74, 6) is 0.156. The summed E-state index contributed by atoms with van der Waals surface area (Å²) in [4.78, 5) is 17.9. The highest BCUT2D eigenvalue weighted by molar-refractivity contribution is 7.89. The molecule has 3 heterocycles. The standard InChI is InChI=1S/C25H27N5O3S2/c1-3-19-8-6-7-15-29(19)35(32,33)20-13-11-18(12-14-20)24(31)27-23-16-17(2)28-30(23)25-26-21-9-4-5-10-22(21)34-25/h4-5,9-14,16,19H,3,6-8,15H2,1-2H3,(H,27,31). The lowest BCUT2D eigenvalue weighted by Gasteiger charge is -2.34. The van der Waals surface area contributed by atoms with E-state index in [0.29, 0.717) is 23.1 Å². The fraction of sp³-hybridized carbons (Fsp3) is 0.320. The van der Waals surface area contributed by atoms with Crippen molar-refractivity contribution in [3.05, 3.63) is 65.9 Å². The Kier molecular flexibility index (Phi) is 6.43. The number of sulfonamides is 1. The number of fused-ring (bicyclic) bond motifs is 1. The van der Waals surface area contributed by atoms with Crippen LogP contribution < -0.4 is 5.32 Å². The largest absolute Gasteiger partial charge is 0.306 e. The highest BCUT2D eigenvalue weighted by atomic mass is 32.2. The van der Waals surface area contributed by atoms with Crippen LogP contribution in [0.25, 0.3) is 15.3 Å². The lowest BCUT2D eigenvalue weighted by Crippen LogP contribution is -2.43. The number of hydrogen-bond donors (Lipinski definition) is 1. The summed E-state index contributed by atoms with van der Waals surface area (Å²) in [6.07, 6.45) is 3.61. The Bertz CT molecular complexity index is 1440. The summed E-state index contributed by atoms with van der Waals surface area (Å²) in [6.45, 7) is 4.41. The molecule has 1 atom stereocenters. The number of carbonyl (C=O) groups is 1. The zero-order valence-electron chi connectivity index (χ0n) is 19.6. The third-order valence-electron chi connectivity index (χ3n) is 6.30. The Morgan fingerprint density at radius 2 is 1.91 bits per heavy atom. The van der Waals surface area contributed by atoms with E-state index in [-0.39, 0.29) is 16.8 Å². The molecule has 35 heavy (non-hydrogen) atoms. The van der Waals surface area contributed by atoms with E-state index in [1.54, 1.807) is 27.2 Å². The quantitative estimate of drug-likeness (QED) is 0.395. The molecule has 0 bridgehead atoms. The molecule has 0 aliphatic carbocycles. The fourth-order valence-corrected chi connectivity index (χ4v) is 7.18.